The van der Waals surface area contributed by atoms with Crippen molar-refractivity contribution in [2.75, 3.05) is 6.61 Å². The van der Waals surface area contributed by atoms with Crippen LogP contribution in [0.15, 0.2) is 29.0 Å². The van der Waals surface area contributed by atoms with E-state index in [2.05, 4.69) is 16.8 Å². The summed E-state index contributed by atoms with van der Waals surface area (Å²) in [6, 6.07) is 5.54. The van der Waals surface area contributed by atoms with Crippen molar-refractivity contribution in [3.05, 3.63) is 50.1 Å². The van der Waals surface area contributed by atoms with E-state index < -0.39 is 0 Å². The molecule has 0 radical (unpaired) electrons. The van der Waals surface area contributed by atoms with Gasteiger partial charge >= 0.3 is 0 Å². The molecule has 0 aliphatic rings. The van der Waals surface area contributed by atoms with Gasteiger partial charge in [0.15, 0.2) is 0 Å². The van der Waals surface area contributed by atoms with E-state index in [0.717, 1.165) is 12.0 Å². The molecule has 1 heterocycles. The fraction of sp³-hybridized carbons (Fsp3) is 0.231. The van der Waals surface area contributed by atoms with Gasteiger partial charge < -0.3 is 10.5 Å². The van der Waals surface area contributed by atoms with Gasteiger partial charge in [0.1, 0.15) is 5.75 Å². The molecule has 0 aliphatic carbocycles. The molecule has 0 spiro atoms. The summed E-state index contributed by atoms with van der Waals surface area (Å²) < 4.78 is 5.72. The standard InChI is InChI=1S/C13H13Cl2NOS/c14-11-5-10(7-16)13(12(15)6-11)17-3-1-9-2-4-18-8-9/h2,4-6,8H,1,3,7,16H2. The number of halogens is 2. The molecule has 5 heteroatoms. The highest BCUT2D eigenvalue weighted by Crippen LogP contribution is 2.32. The van der Waals surface area contributed by atoms with E-state index in [9.17, 15) is 0 Å². The quantitative estimate of drug-likeness (QED) is 0.901. The maximum absolute atomic E-state index is 6.11. The monoisotopic (exact) mass is 301 g/mol. The minimum Gasteiger partial charge on any atom is -0.491 e. The number of benzene rings is 1. The molecule has 0 unspecified atom stereocenters. The maximum Gasteiger partial charge on any atom is 0.142 e. The van der Waals surface area contributed by atoms with Crippen LogP contribution in [0.1, 0.15) is 11.1 Å². The summed E-state index contributed by atoms with van der Waals surface area (Å²) in [7, 11) is 0. The van der Waals surface area contributed by atoms with Crippen molar-refractivity contribution in [3.63, 3.8) is 0 Å². The zero-order valence-corrected chi connectivity index (χ0v) is 12.0. The van der Waals surface area contributed by atoms with Gasteiger partial charge in [-0.25, -0.2) is 0 Å². The van der Waals surface area contributed by atoms with Crippen molar-refractivity contribution in [1.29, 1.82) is 0 Å². The molecule has 2 aromatic rings. The topological polar surface area (TPSA) is 35.2 Å². The van der Waals surface area contributed by atoms with Crippen LogP contribution in [0.2, 0.25) is 10.0 Å². The Labute approximate surface area is 120 Å². The van der Waals surface area contributed by atoms with Gasteiger partial charge in [0.25, 0.3) is 0 Å². The predicted molar refractivity (Wildman–Crippen MR) is 77.9 cm³/mol. The zero-order chi connectivity index (χ0) is 13.0. The highest BCUT2D eigenvalue weighted by molar-refractivity contribution is 7.07. The van der Waals surface area contributed by atoms with Gasteiger partial charge in [-0.05, 0) is 34.5 Å². The van der Waals surface area contributed by atoms with Crippen LogP contribution < -0.4 is 10.5 Å². The fourth-order valence-electron chi connectivity index (χ4n) is 1.63. The third-order valence-electron chi connectivity index (χ3n) is 2.52. The van der Waals surface area contributed by atoms with E-state index in [4.69, 9.17) is 33.7 Å². The molecule has 2 nitrogen and oxygen atoms in total. The molecule has 0 aliphatic heterocycles. The number of thiophene rings is 1. The first-order chi connectivity index (χ1) is 8.70. The molecule has 18 heavy (non-hydrogen) atoms. The van der Waals surface area contributed by atoms with Crippen molar-refractivity contribution in [3.8, 4) is 5.75 Å². The number of hydrogen-bond acceptors (Lipinski definition) is 3. The summed E-state index contributed by atoms with van der Waals surface area (Å²) in [4.78, 5) is 0. The summed E-state index contributed by atoms with van der Waals surface area (Å²) in [5, 5.41) is 5.24. The second kappa shape index (κ2) is 6.43. The van der Waals surface area contributed by atoms with Crippen molar-refractivity contribution in [2.45, 2.75) is 13.0 Å². The van der Waals surface area contributed by atoms with Crippen molar-refractivity contribution >= 4 is 34.5 Å². The number of nitrogens with two attached hydrogens (primary N) is 1. The summed E-state index contributed by atoms with van der Waals surface area (Å²) in [5.41, 5.74) is 7.75. The number of ether oxygens (including phenoxy) is 1. The molecule has 0 saturated carbocycles. The van der Waals surface area contributed by atoms with Gasteiger partial charge in [-0.1, -0.05) is 23.2 Å². The van der Waals surface area contributed by atoms with Gasteiger partial charge in [0.2, 0.25) is 0 Å². The lowest BCUT2D eigenvalue weighted by Gasteiger charge is -2.12. The van der Waals surface area contributed by atoms with Gasteiger partial charge in [0.05, 0.1) is 11.6 Å². The summed E-state index contributed by atoms with van der Waals surface area (Å²) in [6.07, 6.45) is 0.854. The Bertz CT molecular complexity index is 514. The molecular weight excluding hydrogens is 289 g/mol. The van der Waals surface area contributed by atoms with Crippen LogP contribution in [0.25, 0.3) is 0 Å². The number of hydrogen-bond donors (Lipinski definition) is 1. The maximum atomic E-state index is 6.11. The molecular formula is C13H13Cl2NOS. The first-order valence-electron chi connectivity index (χ1n) is 5.52. The van der Waals surface area contributed by atoms with Crippen LogP contribution >= 0.6 is 34.5 Å². The highest BCUT2D eigenvalue weighted by atomic mass is 35.5. The molecule has 2 rings (SSSR count). The van der Waals surface area contributed by atoms with Crippen molar-refractivity contribution in [1.82, 2.24) is 0 Å². The molecule has 1 aromatic heterocycles. The van der Waals surface area contributed by atoms with Gasteiger partial charge in [-0.3, -0.25) is 0 Å². The van der Waals surface area contributed by atoms with Gasteiger partial charge in [0, 0.05) is 23.6 Å². The SMILES string of the molecule is NCc1cc(Cl)cc(Cl)c1OCCc1ccsc1. The van der Waals surface area contributed by atoms with Crippen LogP contribution in [-0.4, -0.2) is 6.61 Å². The first-order valence-corrected chi connectivity index (χ1v) is 7.22. The minimum absolute atomic E-state index is 0.355. The van der Waals surface area contributed by atoms with Gasteiger partial charge in [-0.15, -0.1) is 0 Å². The molecule has 1 aromatic carbocycles. The Morgan fingerprint density at radius 2 is 2.11 bits per heavy atom. The second-order valence-corrected chi connectivity index (χ2v) is 5.43. The third kappa shape index (κ3) is 3.39. The third-order valence-corrected chi connectivity index (χ3v) is 3.75. The van der Waals surface area contributed by atoms with Crippen LogP contribution in [0.3, 0.4) is 0 Å². The average molecular weight is 302 g/mol. The Hall–Kier alpha value is -0.740. The van der Waals surface area contributed by atoms with E-state index >= 15 is 0 Å². The Morgan fingerprint density at radius 3 is 2.78 bits per heavy atom. The van der Waals surface area contributed by atoms with Crippen molar-refractivity contribution in [2.24, 2.45) is 5.73 Å². The normalized spacial score (nSPS) is 10.6. The Morgan fingerprint density at radius 1 is 1.28 bits per heavy atom. The minimum atomic E-state index is 0.355. The van der Waals surface area contributed by atoms with Crippen LogP contribution in [0.5, 0.6) is 5.75 Å². The smallest absolute Gasteiger partial charge is 0.142 e. The van der Waals surface area contributed by atoms with E-state index in [0.29, 0.717) is 28.9 Å². The lowest BCUT2D eigenvalue weighted by atomic mass is 10.2. The first kappa shape index (κ1) is 13.7. The van der Waals surface area contributed by atoms with E-state index in [1.165, 1.54) is 5.56 Å². The second-order valence-electron chi connectivity index (χ2n) is 3.81. The molecule has 0 fully saturated rings. The summed E-state index contributed by atoms with van der Waals surface area (Å²) in [6.45, 7) is 0.930. The largest absolute Gasteiger partial charge is 0.491 e. The highest BCUT2D eigenvalue weighted by Gasteiger charge is 2.09. The molecule has 2 N–H and O–H groups in total. The molecule has 0 saturated heterocycles. The molecule has 0 bridgehead atoms. The lowest BCUT2D eigenvalue weighted by Crippen LogP contribution is -2.06. The molecule has 0 amide bonds. The Balaban J connectivity index is 2.04. The summed E-state index contributed by atoms with van der Waals surface area (Å²) >= 11 is 13.7. The zero-order valence-electron chi connectivity index (χ0n) is 9.66. The van der Waals surface area contributed by atoms with E-state index in [1.54, 1.807) is 23.5 Å². The van der Waals surface area contributed by atoms with Gasteiger partial charge in [-0.2, -0.15) is 11.3 Å². The van der Waals surface area contributed by atoms with E-state index in [1.807, 2.05) is 0 Å². The lowest BCUT2D eigenvalue weighted by molar-refractivity contribution is 0.319. The molecule has 0 atom stereocenters. The number of rotatable bonds is 5. The van der Waals surface area contributed by atoms with E-state index in [-0.39, 0.29) is 0 Å². The Kier molecular flexibility index (Phi) is 4.89. The average Bonchev–Trinajstić information content (AvgIpc) is 2.84. The fourth-order valence-corrected chi connectivity index (χ4v) is 2.93. The van der Waals surface area contributed by atoms with Crippen LogP contribution in [-0.2, 0) is 13.0 Å². The van der Waals surface area contributed by atoms with Crippen LogP contribution in [0, 0.1) is 0 Å². The van der Waals surface area contributed by atoms with Crippen LogP contribution in [0.4, 0.5) is 0 Å². The van der Waals surface area contributed by atoms with Crippen molar-refractivity contribution < 1.29 is 4.74 Å². The summed E-state index contributed by atoms with van der Waals surface area (Å²) in [5.74, 6) is 0.638. The molecule has 96 valence electrons. The predicted octanol–water partition coefficient (Wildman–Crippen LogP) is 4.14.